The average Bonchev–Trinajstić information content (AvgIpc) is 3.42. The zero-order valence-electron chi connectivity index (χ0n) is 17.2. The summed E-state index contributed by atoms with van der Waals surface area (Å²) < 4.78 is 18.2. The maximum Gasteiger partial charge on any atom is 0.293 e. The summed E-state index contributed by atoms with van der Waals surface area (Å²) in [5, 5.41) is 6.94. The number of hydrogen-bond donors (Lipinski definition) is 1. The highest BCUT2D eigenvalue weighted by Gasteiger charge is 2.14. The monoisotopic (exact) mass is 418 g/mol. The Morgan fingerprint density at radius 1 is 1.10 bits per heavy atom. The van der Waals surface area contributed by atoms with Crippen LogP contribution in [-0.4, -0.2) is 27.8 Å². The van der Waals surface area contributed by atoms with Gasteiger partial charge < -0.3 is 13.9 Å². The lowest BCUT2D eigenvalue weighted by atomic mass is 10.1. The van der Waals surface area contributed by atoms with E-state index in [-0.39, 0.29) is 18.3 Å². The first-order chi connectivity index (χ1) is 15.1. The van der Waals surface area contributed by atoms with Crippen molar-refractivity contribution < 1.29 is 18.7 Å². The molecular formula is C23H22N4O4. The van der Waals surface area contributed by atoms with Crippen LogP contribution in [-0.2, 0) is 13.2 Å². The smallest absolute Gasteiger partial charge is 0.293 e. The lowest BCUT2D eigenvalue weighted by Crippen LogP contribution is -2.12. The molecule has 1 N–H and O–H groups in total. The molecule has 4 aromatic rings. The third-order valence-electron chi connectivity index (χ3n) is 4.51. The van der Waals surface area contributed by atoms with Gasteiger partial charge in [0.05, 0.1) is 13.7 Å². The fraction of sp³-hybridized carbons (Fsp3) is 0.174. The molecule has 0 aliphatic rings. The summed E-state index contributed by atoms with van der Waals surface area (Å²) in [5.41, 5.74) is 2.28. The lowest BCUT2D eigenvalue weighted by molar-refractivity contribution is 0.0991. The van der Waals surface area contributed by atoms with E-state index in [0.29, 0.717) is 23.8 Å². The summed E-state index contributed by atoms with van der Waals surface area (Å²) in [4.78, 5) is 16.6. The van der Waals surface area contributed by atoms with Gasteiger partial charge in [-0.2, -0.15) is 0 Å². The number of aromatic nitrogens is 3. The molecule has 0 fully saturated rings. The number of anilines is 1. The number of nitrogens with one attached hydrogen (secondary N) is 1. The van der Waals surface area contributed by atoms with Crippen molar-refractivity contribution in [3.63, 3.8) is 0 Å². The highest BCUT2D eigenvalue weighted by atomic mass is 16.5. The molecule has 0 aliphatic carbocycles. The minimum absolute atomic E-state index is 0.147. The summed E-state index contributed by atoms with van der Waals surface area (Å²) >= 11 is 0. The average molecular weight is 418 g/mol. The number of aryl methyl sites for hydroxylation is 1. The van der Waals surface area contributed by atoms with E-state index in [1.807, 2.05) is 37.3 Å². The second kappa shape index (κ2) is 9.17. The predicted octanol–water partition coefficient (Wildman–Crippen LogP) is 4.07. The van der Waals surface area contributed by atoms with Crippen LogP contribution in [0.5, 0.6) is 11.5 Å². The molecule has 2 aromatic heterocycles. The SMILES string of the molecule is COc1ccccc1OCc1ccc(C(=O)Nc2ncn(Cc3cccc(C)c3)n2)o1. The van der Waals surface area contributed by atoms with Gasteiger partial charge in [0.2, 0.25) is 5.95 Å². The van der Waals surface area contributed by atoms with Crippen LogP contribution in [0.3, 0.4) is 0 Å². The summed E-state index contributed by atoms with van der Waals surface area (Å²) in [6.07, 6.45) is 1.58. The largest absolute Gasteiger partial charge is 0.493 e. The topological polar surface area (TPSA) is 91.4 Å². The molecule has 2 heterocycles. The number of furan rings is 1. The second-order valence-electron chi connectivity index (χ2n) is 6.91. The van der Waals surface area contributed by atoms with Crippen molar-refractivity contribution in [2.45, 2.75) is 20.1 Å². The van der Waals surface area contributed by atoms with E-state index < -0.39 is 5.91 Å². The van der Waals surface area contributed by atoms with Crippen molar-refractivity contribution >= 4 is 11.9 Å². The molecule has 0 spiro atoms. The maximum absolute atomic E-state index is 12.5. The van der Waals surface area contributed by atoms with Crippen molar-refractivity contribution in [3.8, 4) is 11.5 Å². The van der Waals surface area contributed by atoms with Crippen molar-refractivity contribution in [2.24, 2.45) is 0 Å². The van der Waals surface area contributed by atoms with Crippen LogP contribution < -0.4 is 14.8 Å². The molecule has 0 unspecified atom stereocenters. The van der Waals surface area contributed by atoms with Gasteiger partial charge in [0.25, 0.3) is 5.91 Å². The number of carbonyl (C=O) groups excluding carboxylic acids is 1. The Morgan fingerprint density at radius 3 is 2.74 bits per heavy atom. The van der Waals surface area contributed by atoms with Gasteiger partial charge in [0, 0.05) is 0 Å². The Bertz CT molecular complexity index is 1180. The van der Waals surface area contributed by atoms with Crippen LogP contribution in [0.15, 0.2) is 71.4 Å². The molecule has 0 radical (unpaired) electrons. The second-order valence-corrected chi connectivity index (χ2v) is 6.91. The van der Waals surface area contributed by atoms with Crippen molar-refractivity contribution in [1.82, 2.24) is 14.8 Å². The molecule has 0 saturated carbocycles. The molecule has 1 amide bonds. The highest BCUT2D eigenvalue weighted by Crippen LogP contribution is 2.26. The lowest BCUT2D eigenvalue weighted by Gasteiger charge is -2.08. The number of rotatable bonds is 8. The van der Waals surface area contributed by atoms with Crippen LogP contribution in [0, 0.1) is 6.92 Å². The van der Waals surface area contributed by atoms with Gasteiger partial charge >= 0.3 is 0 Å². The Kier molecular flexibility index (Phi) is 5.98. The summed E-state index contributed by atoms with van der Waals surface area (Å²) in [6.45, 7) is 2.77. The van der Waals surface area contributed by atoms with Gasteiger partial charge in [-0.1, -0.05) is 42.0 Å². The Labute approximate surface area is 179 Å². The number of amides is 1. The molecule has 2 aromatic carbocycles. The number of ether oxygens (including phenoxy) is 2. The number of benzene rings is 2. The highest BCUT2D eigenvalue weighted by molar-refractivity contribution is 6.01. The van der Waals surface area contributed by atoms with Gasteiger partial charge in [0.1, 0.15) is 18.7 Å². The van der Waals surface area contributed by atoms with E-state index in [2.05, 4.69) is 21.5 Å². The third-order valence-corrected chi connectivity index (χ3v) is 4.51. The first-order valence-electron chi connectivity index (χ1n) is 9.71. The van der Waals surface area contributed by atoms with Gasteiger partial charge in [-0.25, -0.2) is 9.67 Å². The first-order valence-corrected chi connectivity index (χ1v) is 9.71. The Morgan fingerprint density at radius 2 is 1.94 bits per heavy atom. The zero-order valence-corrected chi connectivity index (χ0v) is 17.2. The number of hydrogen-bond acceptors (Lipinski definition) is 6. The maximum atomic E-state index is 12.5. The van der Waals surface area contributed by atoms with Crippen LogP contribution in [0.4, 0.5) is 5.95 Å². The minimum Gasteiger partial charge on any atom is -0.493 e. The molecule has 0 saturated heterocycles. The van der Waals surface area contributed by atoms with Gasteiger partial charge in [0.15, 0.2) is 17.3 Å². The van der Waals surface area contributed by atoms with Crippen LogP contribution >= 0.6 is 0 Å². The first kappa shape index (κ1) is 20.2. The Hall–Kier alpha value is -4.07. The Balaban J connectivity index is 1.34. The number of para-hydroxylation sites is 2. The molecule has 8 nitrogen and oxygen atoms in total. The van der Waals surface area contributed by atoms with E-state index in [9.17, 15) is 4.79 Å². The quantitative estimate of drug-likeness (QED) is 0.464. The molecule has 0 atom stereocenters. The zero-order chi connectivity index (χ0) is 21.6. The van der Waals surface area contributed by atoms with E-state index >= 15 is 0 Å². The fourth-order valence-electron chi connectivity index (χ4n) is 3.05. The van der Waals surface area contributed by atoms with E-state index in [1.54, 1.807) is 42.4 Å². The molecule has 158 valence electrons. The third kappa shape index (κ3) is 5.11. The van der Waals surface area contributed by atoms with E-state index in [1.165, 1.54) is 5.56 Å². The predicted molar refractivity (Wildman–Crippen MR) is 114 cm³/mol. The van der Waals surface area contributed by atoms with Crippen molar-refractivity contribution in [1.29, 1.82) is 0 Å². The van der Waals surface area contributed by atoms with Crippen molar-refractivity contribution in [2.75, 3.05) is 12.4 Å². The molecule has 4 rings (SSSR count). The number of carbonyl (C=O) groups is 1. The van der Waals surface area contributed by atoms with Crippen LogP contribution in [0.1, 0.15) is 27.4 Å². The van der Waals surface area contributed by atoms with Gasteiger partial charge in [-0.05, 0) is 36.8 Å². The number of nitrogens with zero attached hydrogens (tertiary/aromatic N) is 3. The standard InChI is InChI=1S/C23H22N4O4/c1-16-6-5-7-17(12-16)13-27-15-24-23(26-27)25-22(28)21-11-10-18(31-21)14-30-20-9-4-3-8-19(20)29-2/h3-12,15H,13-14H2,1-2H3,(H,25,26,28). The number of methoxy groups -OCH3 is 1. The summed E-state index contributed by atoms with van der Waals surface area (Å²) in [7, 11) is 1.58. The molecule has 0 bridgehead atoms. The molecule has 0 aliphatic heterocycles. The molecular weight excluding hydrogens is 396 g/mol. The summed E-state index contributed by atoms with van der Waals surface area (Å²) in [5.74, 6) is 1.65. The van der Waals surface area contributed by atoms with Crippen molar-refractivity contribution in [3.05, 3.63) is 89.6 Å². The molecule has 31 heavy (non-hydrogen) atoms. The van der Waals surface area contributed by atoms with E-state index in [0.717, 1.165) is 5.56 Å². The van der Waals surface area contributed by atoms with Gasteiger partial charge in [-0.15, -0.1) is 5.10 Å². The summed E-state index contributed by atoms with van der Waals surface area (Å²) in [6, 6.07) is 18.7. The van der Waals surface area contributed by atoms with Crippen LogP contribution in [0.25, 0.3) is 0 Å². The molecule has 8 heteroatoms. The normalized spacial score (nSPS) is 10.6. The fourth-order valence-corrected chi connectivity index (χ4v) is 3.05. The minimum atomic E-state index is -0.433. The van der Waals surface area contributed by atoms with Crippen LogP contribution in [0.2, 0.25) is 0 Å². The van der Waals surface area contributed by atoms with E-state index in [4.69, 9.17) is 13.9 Å². The van der Waals surface area contributed by atoms with Gasteiger partial charge in [-0.3, -0.25) is 10.1 Å².